The number of ether oxygens (including phenoxy) is 1. The highest BCUT2D eigenvalue weighted by molar-refractivity contribution is 5.92. The third-order valence-corrected chi connectivity index (χ3v) is 9.69. The molecule has 0 spiro atoms. The Bertz CT molecular complexity index is 1020. The molecular formula is C29H36O4. The number of ketones is 2. The van der Waals surface area contributed by atoms with Gasteiger partial charge < -0.3 is 9.84 Å². The van der Waals surface area contributed by atoms with Crippen molar-refractivity contribution in [1.29, 1.82) is 0 Å². The highest BCUT2D eigenvalue weighted by Crippen LogP contribution is 2.66. The van der Waals surface area contributed by atoms with Gasteiger partial charge in [0.2, 0.25) is 0 Å². The van der Waals surface area contributed by atoms with E-state index in [0.29, 0.717) is 25.4 Å². The van der Waals surface area contributed by atoms with Gasteiger partial charge in [0.1, 0.15) is 12.2 Å². The zero-order chi connectivity index (χ0) is 23.4. The van der Waals surface area contributed by atoms with E-state index >= 15 is 0 Å². The normalized spacial score (nSPS) is 39.8. The van der Waals surface area contributed by atoms with Gasteiger partial charge in [-0.1, -0.05) is 68.3 Å². The molecule has 4 aliphatic rings. The number of rotatable bonds is 5. The number of Topliss-reactive ketones (excluding diaryl/α,β-unsaturated/α-hetero) is 1. The lowest BCUT2D eigenvalue weighted by Crippen LogP contribution is -2.57. The average molecular weight is 449 g/mol. The third-order valence-electron chi connectivity index (χ3n) is 9.69. The Morgan fingerprint density at radius 3 is 2.70 bits per heavy atom. The van der Waals surface area contributed by atoms with Crippen LogP contribution in [0.25, 0.3) is 0 Å². The van der Waals surface area contributed by atoms with Crippen LogP contribution in [0.3, 0.4) is 0 Å². The minimum atomic E-state index is -1.38. The fourth-order valence-electron chi connectivity index (χ4n) is 7.74. The predicted molar refractivity (Wildman–Crippen MR) is 127 cm³/mol. The van der Waals surface area contributed by atoms with Crippen LogP contribution in [0.15, 0.2) is 53.6 Å². The van der Waals surface area contributed by atoms with Crippen LogP contribution in [0.5, 0.6) is 0 Å². The topological polar surface area (TPSA) is 63.6 Å². The van der Waals surface area contributed by atoms with E-state index in [2.05, 4.69) is 19.9 Å². The Kier molecular flexibility index (Phi) is 5.53. The Labute approximate surface area is 197 Å². The second-order valence-corrected chi connectivity index (χ2v) is 11.3. The van der Waals surface area contributed by atoms with Gasteiger partial charge in [-0.2, -0.15) is 0 Å². The SMILES string of the molecule is C[C@H]1C[C@H]2[C@@H]3CCC4=CC(=O)CC[C@]4(C)C3=CC[C@]2(C)[C@@]1(O)C(=O)COCc1ccccc1. The molecule has 176 valence electrons. The van der Waals surface area contributed by atoms with Crippen LogP contribution in [0.4, 0.5) is 0 Å². The molecule has 0 radical (unpaired) electrons. The number of benzene rings is 1. The summed E-state index contributed by atoms with van der Waals surface area (Å²) in [6.45, 7) is 6.77. The van der Waals surface area contributed by atoms with Crippen molar-refractivity contribution in [3.05, 3.63) is 59.2 Å². The summed E-state index contributed by atoms with van der Waals surface area (Å²) in [4.78, 5) is 25.5. The molecule has 33 heavy (non-hydrogen) atoms. The molecule has 4 heteroatoms. The summed E-state index contributed by atoms with van der Waals surface area (Å²) < 4.78 is 5.77. The van der Waals surface area contributed by atoms with Gasteiger partial charge in [-0.15, -0.1) is 0 Å². The van der Waals surface area contributed by atoms with E-state index in [-0.39, 0.29) is 35.4 Å². The van der Waals surface area contributed by atoms with Crippen molar-refractivity contribution in [2.75, 3.05) is 6.61 Å². The fourth-order valence-corrected chi connectivity index (χ4v) is 7.74. The minimum absolute atomic E-state index is 0.0368. The molecule has 0 amide bonds. The Morgan fingerprint density at radius 2 is 1.94 bits per heavy atom. The summed E-state index contributed by atoms with van der Waals surface area (Å²) in [5.74, 6) is 0.608. The Balaban J connectivity index is 1.39. The van der Waals surface area contributed by atoms with E-state index < -0.39 is 11.0 Å². The summed E-state index contributed by atoms with van der Waals surface area (Å²) >= 11 is 0. The summed E-state index contributed by atoms with van der Waals surface area (Å²) in [5, 5.41) is 12.0. The second kappa shape index (κ2) is 8.02. The maximum absolute atomic E-state index is 13.5. The maximum Gasteiger partial charge on any atom is 0.190 e. The number of carbonyl (C=O) groups excluding carboxylic acids is 2. The first-order valence-electron chi connectivity index (χ1n) is 12.5. The second-order valence-electron chi connectivity index (χ2n) is 11.3. The van der Waals surface area contributed by atoms with Crippen LogP contribution in [-0.2, 0) is 20.9 Å². The van der Waals surface area contributed by atoms with Crippen molar-refractivity contribution in [2.45, 2.75) is 71.5 Å². The molecule has 0 aliphatic heterocycles. The monoisotopic (exact) mass is 448 g/mol. The van der Waals surface area contributed by atoms with Gasteiger partial charge in [-0.3, -0.25) is 9.59 Å². The highest BCUT2D eigenvalue weighted by Gasteiger charge is 2.67. The molecule has 2 saturated carbocycles. The quantitative estimate of drug-likeness (QED) is 0.629. The molecule has 4 nitrogen and oxygen atoms in total. The number of allylic oxidation sites excluding steroid dienone is 4. The van der Waals surface area contributed by atoms with Crippen LogP contribution in [-0.4, -0.2) is 28.9 Å². The average Bonchev–Trinajstić information content (AvgIpc) is 3.02. The fraction of sp³-hybridized carbons (Fsp3) is 0.586. The molecule has 4 aliphatic carbocycles. The first kappa shape index (κ1) is 22.7. The zero-order valence-corrected chi connectivity index (χ0v) is 20.1. The lowest BCUT2D eigenvalue weighted by atomic mass is 9.50. The summed E-state index contributed by atoms with van der Waals surface area (Å²) in [5.41, 5.74) is 1.86. The molecule has 0 heterocycles. The van der Waals surface area contributed by atoms with Gasteiger partial charge in [0.25, 0.3) is 0 Å². The van der Waals surface area contributed by atoms with E-state index in [1.54, 1.807) is 0 Å². The predicted octanol–water partition coefficient (Wildman–Crippen LogP) is 5.20. The molecule has 0 aromatic heterocycles. The van der Waals surface area contributed by atoms with Crippen LogP contribution < -0.4 is 0 Å². The summed E-state index contributed by atoms with van der Waals surface area (Å²) in [7, 11) is 0. The molecule has 1 aromatic carbocycles. The number of carbonyl (C=O) groups is 2. The molecule has 0 bridgehead atoms. The number of hydrogen-bond acceptors (Lipinski definition) is 4. The van der Waals surface area contributed by atoms with E-state index in [0.717, 1.165) is 31.2 Å². The molecule has 1 aromatic rings. The Hall–Kier alpha value is -2.04. The molecule has 1 N–H and O–H groups in total. The first-order valence-corrected chi connectivity index (χ1v) is 12.5. The van der Waals surface area contributed by atoms with Crippen LogP contribution in [0.1, 0.15) is 64.9 Å². The van der Waals surface area contributed by atoms with Crippen molar-refractivity contribution in [3.8, 4) is 0 Å². The maximum atomic E-state index is 13.5. The molecular weight excluding hydrogens is 412 g/mol. The van der Waals surface area contributed by atoms with E-state index in [4.69, 9.17) is 4.74 Å². The lowest BCUT2D eigenvalue weighted by Gasteiger charge is -2.54. The smallest absolute Gasteiger partial charge is 0.190 e. The summed E-state index contributed by atoms with van der Waals surface area (Å²) in [6, 6.07) is 9.83. The lowest BCUT2D eigenvalue weighted by molar-refractivity contribution is -0.163. The summed E-state index contributed by atoms with van der Waals surface area (Å²) in [6.07, 6.45) is 9.22. The first-order chi connectivity index (χ1) is 15.7. The zero-order valence-electron chi connectivity index (χ0n) is 20.1. The third kappa shape index (κ3) is 3.32. The molecule has 2 fully saturated rings. The van der Waals surface area contributed by atoms with Gasteiger partial charge >= 0.3 is 0 Å². The largest absolute Gasteiger partial charge is 0.381 e. The van der Waals surface area contributed by atoms with E-state index in [1.165, 1.54) is 11.1 Å². The van der Waals surface area contributed by atoms with Crippen LogP contribution in [0, 0.1) is 28.6 Å². The van der Waals surface area contributed by atoms with Crippen molar-refractivity contribution in [1.82, 2.24) is 0 Å². The number of fused-ring (bicyclic) bond motifs is 5. The highest BCUT2D eigenvalue weighted by atomic mass is 16.5. The van der Waals surface area contributed by atoms with E-state index in [1.807, 2.05) is 43.3 Å². The molecule has 0 saturated heterocycles. The standard InChI is InChI=1S/C29H36O4/c1-19-15-25-23-10-9-21-16-22(30)11-13-27(21,2)24(23)12-14-28(25,3)29(19,32)26(31)18-33-17-20-7-5-4-6-8-20/h4-8,12,16,19,23,25,32H,9-11,13-15,17-18H2,1-3H3/t19-,23+,25-,27-,28-,29-/m0/s1. The van der Waals surface area contributed by atoms with Crippen LogP contribution in [0.2, 0.25) is 0 Å². The molecule has 5 rings (SSSR count). The van der Waals surface area contributed by atoms with E-state index in [9.17, 15) is 14.7 Å². The minimum Gasteiger partial charge on any atom is -0.381 e. The van der Waals surface area contributed by atoms with Gasteiger partial charge in [0, 0.05) is 17.3 Å². The van der Waals surface area contributed by atoms with Crippen molar-refractivity contribution in [3.63, 3.8) is 0 Å². The van der Waals surface area contributed by atoms with Gasteiger partial charge in [0.05, 0.1) is 6.61 Å². The number of hydrogen-bond donors (Lipinski definition) is 1. The van der Waals surface area contributed by atoms with Gasteiger partial charge in [0.15, 0.2) is 11.6 Å². The molecule has 6 atom stereocenters. The van der Waals surface area contributed by atoms with Crippen molar-refractivity contribution >= 4 is 11.6 Å². The van der Waals surface area contributed by atoms with Crippen LogP contribution >= 0.6 is 0 Å². The van der Waals surface area contributed by atoms with Crippen molar-refractivity contribution in [2.24, 2.45) is 28.6 Å². The Morgan fingerprint density at radius 1 is 1.18 bits per heavy atom. The molecule has 0 unspecified atom stereocenters. The van der Waals surface area contributed by atoms with Gasteiger partial charge in [-0.05, 0) is 61.5 Å². The van der Waals surface area contributed by atoms with Crippen molar-refractivity contribution < 1.29 is 19.4 Å². The number of aliphatic hydroxyl groups is 1. The van der Waals surface area contributed by atoms with Gasteiger partial charge in [-0.25, -0.2) is 0 Å².